The lowest BCUT2D eigenvalue weighted by atomic mass is 10.0. The van der Waals surface area contributed by atoms with Crippen LogP contribution in [-0.2, 0) is 0 Å². The molecule has 2 heterocycles. The average molecular weight is 257 g/mol. The van der Waals surface area contributed by atoms with E-state index in [0.29, 0.717) is 18.9 Å². The van der Waals surface area contributed by atoms with Crippen molar-refractivity contribution in [3.63, 3.8) is 0 Å². The van der Waals surface area contributed by atoms with Crippen LogP contribution in [0.5, 0.6) is 0 Å². The van der Waals surface area contributed by atoms with Crippen LogP contribution in [0.15, 0.2) is 6.07 Å². The number of nitrogens with zero attached hydrogens (tertiary/aromatic N) is 5. The maximum atomic E-state index is 9.05. The third-order valence-corrected chi connectivity index (χ3v) is 3.59. The predicted molar refractivity (Wildman–Crippen MR) is 71.1 cm³/mol. The molecule has 100 valence electrons. The highest BCUT2D eigenvalue weighted by Gasteiger charge is 2.31. The predicted octanol–water partition coefficient (Wildman–Crippen LogP) is 1.80. The van der Waals surface area contributed by atoms with Gasteiger partial charge in [0.1, 0.15) is 0 Å². The summed E-state index contributed by atoms with van der Waals surface area (Å²) in [5.74, 6) is -0.0268. The van der Waals surface area contributed by atoms with Gasteiger partial charge in [0.2, 0.25) is 0 Å². The van der Waals surface area contributed by atoms with E-state index >= 15 is 0 Å². The van der Waals surface area contributed by atoms with Crippen molar-refractivity contribution in [3.05, 3.63) is 17.5 Å². The molecule has 1 atom stereocenters. The van der Waals surface area contributed by atoms with Crippen LogP contribution < -0.4 is 0 Å². The normalized spacial score (nSPS) is 17.5. The summed E-state index contributed by atoms with van der Waals surface area (Å²) < 4.78 is 2.09. The smallest absolute Gasteiger partial charge is 0.0775 e. The van der Waals surface area contributed by atoms with Gasteiger partial charge >= 0.3 is 0 Å². The second-order valence-corrected chi connectivity index (χ2v) is 5.27. The van der Waals surface area contributed by atoms with Crippen molar-refractivity contribution < 1.29 is 0 Å². The highest BCUT2D eigenvalue weighted by Crippen LogP contribution is 2.24. The van der Waals surface area contributed by atoms with Gasteiger partial charge in [0.25, 0.3) is 0 Å². The van der Waals surface area contributed by atoms with Crippen LogP contribution in [0.4, 0.5) is 0 Å². The monoisotopic (exact) mass is 257 g/mol. The molecule has 1 saturated heterocycles. The van der Waals surface area contributed by atoms with Crippen molar-refractivity contribution in [3.8, 4) is 12.1 Å². The Hall–Kier alpha value is -1.85. The lowest BCUT2D eigenvalue weighted by Crippen LogP contribution is -2.49. The summed E-state index contributed by atoms with van der Waals surface area (Å²) in [5, 5.41) is 22.1. The molecular weight excluding hydrogens is 238 g/mol. The fourth-order valence-corrected chi connectivity index (χ4v) is 2.61. The van der Waals surface area contributed by atoms with E-state index < -0.39 is 0 Å². The molecule has 0 bridgehead atoms. The number of rotatable bonds is 5. The molecule has 19 heavy (non-hydrogen) atoms. The van der Waals surface area contributed by atoms with E-state index in [1.165, 1.54) is 5.69 Å². The summed E-state index contributed by atoms with van der Waals surface area (Å²) in [5.41, 5.74) is 2.25. The van der Waals surface area contributed by atoms with Crippen molar-refractivity contribution in [2.24, 2.45) is 5.92 Å². The van der Waals surface area contributed by atoms with Gasteiger partial charge < -0.3 is 0 Å². The van der Waals surface area contributed by atoms with Crippen LogP contribution in [0.3, 0.4) is 0 Å². The van der Waals surface area contributed by atoms with Gasteiger partial charge in [-0.25, -0.2) is 0 Å². The highest BCUT2D eigenvalue weighted by atomic mass is 15.4. The molecule has 1 aromatic rings. The number of nitriles is 2. The van der Waals surface area contributed by atoms with E-state index in [1.54, 1.807) is 0 Å². The van der Waals surface area contributed by atoms with Crippen molar-refractivity contribution in [1.82, 2.24) is 14.7 Å². The Morgan fingerprint density at radius 2 is 2.16 bits per heavy atom. The van der Waals surface area contributed by atoms with Gasteiger partial charge in [-0.05, 0) is 26.3 Å². The van der Waals surface area contributed by atoms with E-state index in [-0.39, 0.29) is 5.92 Å². The molecule has 0 saturated carbocycles. The average Bonchev–Trinajstić information content (AvgIpc) is 2.66. The summed E-state index contributed by atoms with van der Waals surface area (Å²) >= 11 is 0. The zero-order valence-corrected chi connectivity index (χ0v) is 11.5. The molecular formula is C14H19N5. The van der Waals surface area contributed by atoms with Gasteiger partial charge in [0.15, 0.2) is 0 Å². The van der Waals surface area contributed by atoms with Crippen molar-refractivity contribution in [1.29, 1.82) is 10.5 Å². The number of likely N-dealkylation sites (tertiary alicyclic amines) is 1. The number of hydrogen-bond donors (Lipinski definition) is 0. The van der Waals surface area contributed by atoms with Crippen LogP contribution in [0.1, 0.15) is 30.3 Å². The SMILES string of the molecule is Cc1cc(C)n(C2CN(C[C@@H](C#N)CCC#N)C2)n1. The van der Waals surface area contributed by atoms with Crippen molar-refractivity contribution in [2.45, 2.75) is 32.7 Å². The van der Waals surface area contributed by atoms with Gasteiger partial charge in [-0.2, -0.15) is 15.6 Å². The molecule has 1 aliphatic rings. The molecule has 0 amide bonds. The van der Waals surface area contributed by atoms with Crippen molar-refractivity contribution >= 4 is 0 Å². The minimum atomic E-state index is -0.0268. The van der Waals surface area contributed by atoms with Crippen molar-refractivity contribution in [2.75, 3.05) is 19.6 Å². The summed E-state index contributed by atoms with van der Waals surface area (Å²) in [7, 11) is 0. The Balaban J connectivity index is 1.82. The van der Waals surface area contributed by atoms with Crippen LogP contribution >= 0.6 is 0 Å². The summed E-state index contributed by atoms with van der Waals surface area (Å²) in [4.78, 5) is 2.27. The van der Waals surface area contributed by atoms with Crippen LogP contribution in [0.25, 0.3) is 0 Å². The fraction of sp³-hybridized carbons (Fsp3) is 0.643. The van der Waals surface area contributed by atoms with Gasteiger partial charge in [-0.15, -0.1) is 0 Å². The van der Waals surface area contributed by atoms with Gasteiger partial charge in [0, 0.05) is 31.7 Å². The second-order valence-electron chi connectivity index (χ2n) is 5.27. The molecule has 0 aliphatic carbocycles. The Morgan fingerprint density at radius 1 is 1.42 bits per heavy atom. The first-order valence-electron chi connectivity index (χ1n) is 6.65. The highest BCUT2D eigenvalue weighted by molar-refractivity contribution is 5.09. The zero-order chi connectivity index (χ0) is 13.8. The maximum absolute atomic E-state index is 9.05. The topological polar surface area (TPSA) is 68.6 Å². The molecule has 1 aliphatic heterocycles. The Morgan fingerprint density at radius 3 is 2.68 bits per heavy atom. The first-order chi connectivity index (χ1) is 9.13. The molecule has 5 heteroatoms. The second kappa shape index (κ2) is 5.86. The Bertz CT molecular complexity index is 513. The van der Waals surface area contributed by atoms with Crippen LogP contribution in [0.2, 0.25) is 0 Å². The summed E-state index contributed by atoms with van der Waals surface area (Å²) in [6, 6.07) is 6.92. The molecule has 0 radical (unpaired) electrons. The maximum Gasteiger partial charge on any atom is 0.0775 e. The number of aromatic nitrogens is 2. The van der Waals surface area contributed by atoms with Gasteiger partial charge in [-0.3, -0.25) is 9.58 Å². The summed E-state index contributed by atoms with van der Waals surface area (Å²) in [6.45, 7) is 6.76. The lowest BCUT2D eigenvalue weighted by molar-refractivity contribution is 0.0858. The molecule has 5 nitrogen and oxygen atoms in total. The molecule has 1 aromatic heterocycles. The van der Waals surface area contributed by atoms with Gasteiger partial charge in [-0.1, -0.05) is 0 Å². The minimum Gasteiger partial charge on any atom is -0.298 e. The van der Waals surface area contributed by atoms with Crippen LogP contribution in [0, 0.1) is 42.4 Å². The molecule has 1 fully saturated rings. The molecule has 2 rings (SSSR count). The van der Waals surface area contributed by atoms with E-state index in [1.807, 2.05) is 6.92 Å². The molecule has 0 N–H and O–H groups in total. The van der Waals surface area contributed by atoms with E-state index in [4.69, 9.17) is 10.5 Å². The lowest BCUT2D eigenvalue weighted by Gasteiger charge is -2.40. The largest absolute Gasteiger partial charge is 0.298 e. The summed E-state index contributed by atoms with van der Waals surface area (Å²) in [6.07, 6.45) is 1.14. The molecule has 0 unspecified atom stereocenters. The Labute approximate surface area is 114 Å². The van der Waals surface area contributed by atoms with E-state index in [0.717, 1.165) is 25.3 Å². The zero-order valence-electron chi connectivity index (χ0n) is 11.5. The quantitative estimate of drug-likeness (QED) is 0.806. The number of aryl methyl sites for hydroxylation is 2. The third-order valence-electron chi connectivity index (χ3n) is 3.59. The van der Waals surface area contributed by atoms with E-state index in [2.05, 4.69) is 39.8 Å². The molecule has 0 aromatic carbocycles. The minimum absolute atomic E-state index is 0.0268. The number of hydrogen-bond acceptors (Lipinski definition) is 4. The Kier molecular flexibility index (Phi) is 4.19. The van der Waals surface area contributed by atoms with E-state index in [9.17, 15) is 0 Å². The third kappa shape index (κ3) is 3.13. The molecule has 0 spiro atoms. The first-order valence-corrected chi connectivity index (χ1v) is 6.65. The standard InChI is InChI=1S/C14H19N5/c1-11-6-12(2)19(17-11)14-9-18(10-14)8-13(7-16)4-3-5-15/h6,13-14H,3-4,8-10H2,1-2H3/t13-/m1/s1. The van der Waals surface area contributed by atoms with Gasteiger partial charge in [0.05, 0.1) is 29.8 Å². The van der Waals surface area contributed by atoms with Crippen LogP contribution in [-0.4, -0.2) is 34.3 Å². The first kappa shape index (κ1) is 13.6. The fourth-order valence-electron chi connectivity index (χ4n) is 2.61.